The van der Waals surface area contributed by atoms with Crippen molar-refractivity contribution in [3.8, 4) is 28.7 Å². The zero-order valence-electron chi connectivity index (χ0n) is 24.2. The minimum absolute atomic E-state index is 0.123. The van der Waals surface area contributed by atoms with Crippen molar-refractivity contribution in [2.75, 3.05) is 28.4 Å². The molecule has 0 aliphatic rings. The van der Waals surface area contributed by atoms with Crippen LogP contribution in [0.1, 0.15) is 36.7 Å². The molecule has 4 rings (SSSR count). The molecule has 0 saturated heterocycles. The normalized spacial score (nSPS) is 12.9. The van der Waals surface area contributed by atoms with Crippen LogP contribution in [-0.4, -0.2) is 39.6 Å². The molecule has 0 amide bonds. The summed E-state index contributed by atoms with van der Waals surface area (Å²) in [7, 11) is 2.55. The van der Waals surface area contributed by atoms with E-state index < -0.39 is 18.9 Å². The van der Waals surface area contributed by atoms with Gasteiger partial charge < -0.3 is 33.4 Å². The highest BCUT2D eigenvalue weighted by atomic mass is 31.2. The van der Waals surface area contributed by atoms with Crippen LogP contribution in [0.2, 0.25) is 0 Å². The second-order valence-electron chi connectivity index (χ2n) is 9.75. The first-order valence-corrected chi connectivity index (χ1v) is 15.1. The van der Waals surface area contributed by atoms with Crippen LogP contribution in [0.15, 0.2) is 91.0 Å². The summed E-state index contributed by atoms with van der Waals surface area (Å²) in [4.78, 5) is 0. The van der Waals surface area contributed by atoms with Gasteiger partial charge >= 0.3 is 0 Å². The summed E-state index contributed by atoms with van der Waals surface area (Å²) in [6, 6.07) is 27.3. The number of hydrogen-bond donors (Lipinski definition) is 1. The van der Waals surface area contributed by atoms with Gasteiger partial charge in [-0.25, -0.2) is 0 Å². The van der Waals surface area contributed by atoms with E-state index >= 15 is 4.57 Å². The van der Waals surface area contributed by atoms with Crippen molar-refractivity contribution in [3.63, 3.8) is 0 Å². The van der Waals surface area contributed by atoms with E-state index in [-0.39, 0.29) is 6.10 Å². The Balaban J connectivity index is 2.05. The van der Waals surface area contributed by atoms with Crippen LogP contribution in [0.25, 0.3) is 0 Å². The Kier molecular flexibility index (Phi) is 9.64. The number of ether oxygens (including phenoxy) is 5. The molecule has 216 valence electrons. The number of benzene rings is 4. The van der Waals surface area contributed by atoms with E-state index in [4.69, 9.17) is 23.7 Å². The topological polar surface area (TPSA) is 83.5 Å². The van der Waals surface area contributed by atoms with Gasteiger partial charge in [-0.2, -0.15) is 0 Å². The summed E-state index contributed by atoms with van der Waals surface area (Å²) in [5, 5.41) is 13.5. The maximum absolute atomic E-state index is 15.7. The molecule has 2 atom stereocenters. The molecule has 0 bridgehead atoms. The minimum atomic E-state index is -3.60. The summed E-state index contributed by atoms with van der Waals surface area (Å²) in [5.41, 5.74) is 0.138. The molecule has 4 aromatic carbocycles. The minimum Gasteiger partial charge on any atom is -0.493 e. The zero-order chi connectivity index (χ0) is 29.6. The van der Waals surface area contributed by atoms with Gasteiger partial charge in [0.25, 0.3) is 0 Å². The van der Waals surface area contributed by atoms with Gasteiger partial charge in [-0.3, -0.25) is 0 Å². The standard InChI is InChI=1S/C33H37O7P/c1-22(2)40-28-19-23(17-18-27(28)36-3)31(34)33(24-20-29(37-4)32(39-6)30(21-24)38-5)41(35,25-13-9-7-10-14-25)26-15-11-8-12-16-26/h7-22,31,33-34H,1-6H3/t31-,33-/m0/s1. The van der Waals surface area contributed by atoms with Gasteiger partial charge in [-0.05, 0) is 49.2 Å². The van der Waals surface area contributed by atoms with E-state index in [0.717, 1.165) is 0 Å². The van der Waals surface area contributed by atoms with Gasteiger partial charge in [0.2, 0.25) is 5.75 Å². The molecular formula is C33H37O7P. The second kappa shape index (κ2) is 13.2. The smallest absolute Gasteiger partial charge is 0.203 e. The lowest BCUT2D eigenvalue weighted by Gasteiger charge is -2.33. The average molecular weight is 577 g/mol. The summed E-state index contributed by atoms with van der Waals surface area (Å²) >= 11 is 0. The molecule has 41 heavy (non-hydrogen) atoms. The van der Waals surface area contributed by atoms with E-state index in [1.165, 1.54) is 21.3 Å². The Morgan fingerprint density at radius 3 is 1.54 bits per heavy atom. The first-order chi connectivity index (χ1) is 19.8. The summed E-state index contributed by atoms with van der Waals surface area (Å²) in [6.45, 7) is 3.83. The SMILES string of the molecule is COc1ccc([C@H](O)[C@H](c2cc(OC)c(OC)c(OC)c2)P(=O)(c2ccccc2)c2ccccc2)cc1OC(C)C. The summed E-state index contributed by atoms with van der Waals surface area (Å²) < 4.78 is 44.1. The van der Waals surface area contributed by atoms with Gasteiger partial charge in [0.1, 0.15) is 0 Å². The molecule has 0 aliphatic carbocycles. The molecule has 0 aliphatic heterocycles. The maximum atomic E-state index is 15.7. The van der Waals surface area contributed by atoms with Crippen molar-refractivity contribution in [2.45, 2.75) is 31.7 Å². The fourth-order valence-electron chi connectivity index (χ4n) is 5.04. The van der Waals surface area contributed by atoms with Crippen LogP contribution in [0.3, 0.4) is 0 Å². The van der Waals surface area contributed by atoms with Crippen LogP contribution in [-0.2, 0) is 4.57 Å². The Bertz CT molecular complexity index is 1420. The molecule has 0 saturated carbocycles. The zero-order valence-corrected chi connectivity index (χ0v) is 25.1. The second-order valence-corrected chi connectivity index (χ2v) is 12.7. The van der Waals surface area contributed by atoms with Crippen LogP contribution >= 0.6 is 7.14 Å². The van der Waals surface area contributed by atoms with Crippen molar-refractivity contribution >= 4 is 17.8 Å². The third-order valence-corrected chi connectivity index (χ3v) is 10.4. The molecule has 0 fully saturated rings. The summed E-state index contributed by atoms with van der Waals surface area (Å²) in [5.74, 6) is 2.21. The third kappa shape index (κ3) is 6.07. The van der Waals surface area contributed by atoms with Gasteiger partial charge in [0.15, 0.2) is 30.1 Å². The third-order valence-electron chi connectivity index (χ3n) is 6.89. The predicted molar refractivity (Wildman–Crippen MR) is 162 cm³/mol. The fourth-order valence-corrected chi connectivity index (χ4v) is 8.35. The fraction of sp³-hybridized carbons (Fsp3) is 0.273. The first kappa shape index (κ1) is 30.0. The lowest BCUT2D eigenvalue weighted by molar-refractivity contribution is 0.169. The Morgan fingerprint density at radius 1 is 0.610 bits per heavy atom. The van der Waals surface area contributed by atoms with Gasteiger partial charge in [0.05, 0.1) is 46.3 Å². The van der Waals surface area contributed by atoms with Crippen LogP contribution in [0, 0.1) is 0 Å². The Labute approximate surface area is 242 Å². The van der Waals surface area contributed by atoms with Crippen LogP contribution in [0.5, 0.6) is 28.7 Å². The number of hydrogen-bond acceptors (Lipinski definition) is 7. The molecular weight excluding hydrogens is 539 g/mol. The van der Waals surface area contributed by atoms with Crippen molar-refractivity contribution in [1.29, 1.82) is 0 Å². The molecule has 8 heteroatoms. The van der Waals surface area contributed by atoms with E-state index in [0.29, 0.717) is 50.5 Å². The lowest BCUT2D eigenvalue weighted by atomic mass is 9.99. The highest BCUT2D eigenvalue weighted by molar-refractivity contribution is 7.79. The first-order valence-electron chi connectivity index (χ1n) is 13.3. The quantitative estimate of drug-likeness (QED) is 0.198. The number of methoxy groups -OCH3 is 4. The van der Waals surface area contributed by atoms with E-state index in [1.807, 2.05) is 74.5 Å². The van der Waals surface area contributed by atoms with Gasteiger partial charge in [-0.1, -0.05) is 66.7 Å². The highest BCUT2D eigenvalue weighted by Gasteiger charge is 2.43. The molecule has 0 unspecified atom stereocenters. The molecule has 7 nitrogen and oxygen atoms in total. The number of aliphatic hydroxyl groups is 1. The average Bonchev–Trinajstić information content (AvgIpc) is 3.00. The molecule has 1 N–H and O–H groups in total. The molecule has 4 aromatic rings. The van der Waals surface area contributed by atoms with Crippen LogP contribution < -0.4 is 34.3 Å². The van der Waals surface area contributed by atoms with Gasteiger partial charge in [0, 0.05) is 10.6 Å². The highest BCUT2D eigenvalue weighted by Crippen LogP contribution is 2.63. The van der Waals surface area contributed by atoms with Crippen molar-refractivity contribution in [1.82, 2.24) is 0 Å². The maximum Gasteiger partial charge on any atom is 0.203 e. The number of rotatable bonds is 12. The molecule has 0 heterocycles. The monoisotopic (exact) mass is 576 g/mol. The summed E-state index contributed by atoms with van der Waals surface area (Å²) in [6.07, 6.45) is -1.36. The van der Waals surface area contributed by atoms with Gasteiger partial charge in [-0.15, -0.1) is 0 Å². The van der Waals surface area contributed by atoms with E-state index in [1.54, 1.807) is 37.4 Å². The van der Waals surface area contributed by atoms with Crippen molar-refractivity contribution in [3.05, 3.63) is 102 Å². The van der Waals surface area contributed by atoms with Crippen molar-refractivity contribution < 1.29 is 33.4 Å². The molecule has 0 spiro atoms. The lowest BCUT2D eigenvalue weighted by Crippen LogP contribution is -2.25. The largest absolute Gasteiger partial charge is 0.493 e. The Morgan fingerprint density at radius 2 is 1.10 bits per heavy atom. The Hall–Kier alpha value is -3.93. The van der Waals surface area contributed by atoms with Crippen molar-refractivity contribution in [2.24, 2.45) is 0 Å². The number of aliphatic hydroxyl groups excluding tert-OH is 1. The van der Waals surface area contributed by atoms with E-state index in [2.05, 4.69) is 0 Å². The van der Waals surface area contributed by atoms with Crippen LogP contribution in [0.4, 0.5) is 0 Å². The molecule has 0 radical (unpaired) electrons. The molecule has 0 aromatic heterocycles. The van der Waals surface area contributed by atoms with E-state index in [9.17, 15) is 5.11 Å². The predicted octanol–water partition coefficient (Wildman–Crippen LogP) is 6.30.